The van der Waals surface area contributed by atoms with Crippen LogP contribution in [0.3, 0.4) is 0 Å². The molecule has 2 aromatic carbocycles. The van der Waals surface area contributed by atoms with Gasteiger partial charge in [-0.1, -0.05) is 6.07 Å². The summed E-state index contributed by atoms with van der Waals surface area (Å²) in [6, 6.07) is 9.15. The molecule has 6 heteroatoms. The molecule has 1 aromatic heterocycles. The smallest absolute Gasteiger partial charge is 0.311 e. The number of benzene rings is 2. The molecule has 6 nitrogen and oxygen atoms in total. The number of methoxy groups -OCH3 is 1. The van der Waals surface area contributed by atoms with Crippen molar-refractivity contribution in [2.45, 2.75) is 20.4 Å². The average molecular weight is 311 g/mol. The molecule has 0 N–H and O–H groups in total. The SMILES string of the molecule is COc1ccc(Cn2cnc3cc(C)c(C)cc32)cc1[N+](=O)[O-]. The maximum Gasteiger partial charge on any atom is 0.311 e. The van der Waals surface area contributed by atoms with Gasteiger partial charge in [-0.2, -0.15) is 0 Å². The summed E-state index contributed by atoms with van der Waals surface area (Å²) < 4.78 is 7.03. The zero-order valence-corrected chi connectivity index (χ0v) is 13.2. The van der Waals surface area contributed by atoms with Gasteiger partial charge in [-0.25, -0.2) is 4.98 Å². The summed E-state index contributed by atoms with van der Waals surface area (Å²) in [6.07, 6.45) is 1.76. The van der Waals surface area contributed by atoms with Crippen molar-refractivity contribution >= 4 is 16.7 Å². The van der Waals surface area contributed by atoms with Gasteiger partial charge in [0, 0.05) is 12.6 Å². The van der Waals surface area contributed by atoms with E-state index in [2.05, 4.69) is 31.0 Å². The number of ether oxygens (including phenoxy) is 1. The largest absolute Gasteiger partial charge is 0.490 e. The van der Waals surface area contributed by atoms with Crippen molar-refractivity contribution < 1.29 is 9.66 Å². The molecule has 0 aliphatic rings. The van der Waals surface area contributed by atoms with Gasteiger partial charge in [0.15, 0.2) is 5.75 Å². The van der Waals surface area contributed by atoms with E-state index in [-0.39, 0.29) is 11.4 Å². The first kappa shape index (κ1) is 15.0. The predicted octanol–water partition coefficient (Wildman–Crippen LogP) is 3.62. The summed E-state index contributed by atoms with van der Waals surface area (Å²) in [5, 5.41) is 11.1. The topological polar surface area (TPSA) is 70.2 Å². The van der Waals surface area contributed by atoms with Gasteiger partial charge >= 0.3 is 5.69 Å². The number of hydrogen-bond acceptors (Lipinski definition) is 4. The highest BCUT2D eigenvalue weighted by atomic mass is 16.6. The maximum absolute atomic E-state index is 11.1. The Kier molecular flexibility index (Phi) is 3.73. The number of aromatic nitrogens is 2. The molecule has 0 aliphatic heterocycles. The third-order valence-electron chi connectivity index (χ3n) is 4.03. The zero-order chi connectivity index (χ0) is 16.6. The second-order valence-electron chi connectivity index (χ2n) is 5.56. The molecule has 0 fully saturated rings. The number of imidazole rings is 1. The van der Waals surface area contributed by atoms with Crippen LogP contribution < -0.4 is 4.74 Å². The van der Waals surface area contributed by atoms with Crippen molar-refractivity contribution in [1.29, 1.82) is 0 Å². The molecule has 0 radical (unpaired) electrons. The molecule has 23 heavy (non-hydrogen) atoms. The van der Waals surface area contributed by atoms with E-state index >= 15 is 0 Å². The average Bonchev–Trinajstić information content (AvgIpc) is 2.89. The van der Waals surface area contributed by atoms with Gasteiger partial charge < -0.3 is 9.30 Å². The minimum absolute atomic E-state index is 0.0264. The molecule has 0 saturated heterocycles. The maximum atomic E-state index is 11.1. The van der Waals surface area contributed by atoms with Crippen LogP contribution in [0.2, 0.25) is 0 Å². The third-order valence-corrected chi connectivity index (χ3v) is 4.03. The van der Waals surface area contributed by atoms with Crippen molar-refractivity contribution in [2.24, 2.45) is 0 Å². The van der Waals surface area contributed by atoms with Gasteiger partial charge in [0.05, 0.1) is 29.4 Å². The first-order chi connectivity index (χ1) is 11.0. The van der Waals surface area contributed by atoms with Crippen molar-refractivity contribution in [1.82, 2.24) is 9.55 Å². The third kappa shape index (κ3) is 2.75. The minimum atomic E-state index is -0.429. The quantitative estimate of drug-likeness (QED) is 0.545. The molecule has 0 atom stereocenters. The van der Waals surface area contributed by atoms with Gasteiger partial charge in [-0.05, 0) is 48.7 Å². The Morgan fingerprint density at radius 1 is 1.22 bits per heavy atom. The highest BCUT2D eigenvalue weighted by molar-refractivity contribution is 5.77. The number of nitrogens with zero attached hydrogens (tertiary/aromatic N) is 3. The molecule has 3 rings (SSSR count). The van der Waals surface area contributed by atoms with E-state index in [1.54, 1.807) is 18.5 Å². The number of hydrogen-bond donors (Lipinski definition) is 0. The number of nitro groups is 1. The number of aryl methyl sites for hydroxylation is 2. The lowest BCUT2D eigenvalue weighted by molar-refractivity contribution is -0.385. The zero-order valence-electron chi connectivity index (χ0n) is 13.2. The van der Waals surface area contributed by atoms with Crippen LogP contribution in [0.25, 0.3) is 11.0 Å². The molecule has 0 bridgehead atoms. The molecule has 0 amide bonds. The Hall–Kier alpha value is -2.89. The lowest BCUT2D eigenvalue weighted by Gasteiger charge is -2.08. The van der Waals surface area contributed by atoms with Crippen LogP contribution in [0.5, 0.6) is 5.75 Å². The van der Waals surface area contributed by atoms with Gasteiger partial charge in [-0.3, -0.25) is 10.1 Å². The van der Waals surface area contributed by atoms with Crippen molar-refractivity contribution in [2.75, 3.05) is 7.11 Å². The van der Waals surface area contributed by atoms with E-state index in [1.807, 2.05) is 10.6 Å². The lowest BCUT2D eigenvalue weighted by atomic mass is 10.1. The first-order valence-electron chi connectivity index (χ1n) is 7.23. The number of nitro benzene ring substituents is 1. The standard InChI is InChI=1S/C17H17N3O3/c1-11-6-14-15(7-12(11)2)19(10-18-14)9-13-4-5-17(23-3)16(8-13)20(21)22/h4-8,10H,9H2,1-3H3. The summed E-state index contributed by atoms with van der Waals surface area (Å²) in [7, 11) is 1.43. The van der Waals surface area contributed by atoms with E-state index in [0.717, 1.165) is 16.6 Å². The van der Waals surface area contributed by atoms with E-state index in [0.29, 0.717) is 6.54 Å². The molecule has 118 valence electrons. The Morgan fingerprint density at radius 3 is 2.65 bits per heavy atom. The highest BCUT2D eigenvalue weighted by Crippen LogP contribution is 2.28. The summed E-state index contributed by atoms with van der Waals surface area (Å²) in [6.45, 7) is 4.63. The summed E-state index contributed by atoms with van der Waals surface area (Å²) in [4.78, 5) is 15.1. The van der Waals surface area contributed by atoms with Crippen LogP contribution in [0.4, 0.5) is 5.69 Å². The number of rotatable bonds is 4. The summed E-state index contributed by atoms with van der Waals surface area (Å²) >= 11 is 0. The Labute approximate surface area is 133 Å². The molecular formula is C17H17N3O3. The molecule has 0 aliphatic carbocycles. The van der Waals surface area contributed by atoms with E-state index < -0.39 is 4.92 Å². The molecule has 0 unspecified atom stereocenters. The van der Waals surface area contributed by atoms with Crippen molar-refractivity contribution in [3.8, 4) is 5.75 Å². The highest BCUT2D eigenvalue weighted by Gasteiger charge is 2.15. The Bertz CT molecular complexity index is 899. The van der Waals surface area contributed by atoms with E-state index in [9.17, 15) is 10.1 Å². The summed E-state index contributed by atoms with van der Waals surface area (Å²) in [5.74, 6) is 0.265. The van der Waals surface area contributed by atoms with Gasteiger partial charge in [0.2, 0.25) is 0 Å². The molecule has 0 spiro atoms. The van der Waals surface area contributed by atoms with Crippen LogP contribution in [-0.4, -0.2) is 21.6 Å². The normalized spacial score (nSPS) is 10.9. The van der Waals surface area contributed by atoms with Gasteiger partial charge in [0.1, 0.15) is 0 Å². The fourth-order valence-electron chi connectivity index (χ4n) is 2.61. The summed E-state index contributed by atoms with van der Waals surface area (Å²) in [5.41, 5.74) is 5.14. The molecular weight excluding hydrogens is 294 g/mol. The first-order valence-corrected chi connectivity index (χ1v) is 7.23. The molecule has 1 heterocycles. The van der Waals surface area contributed by atoms with Gasteiger partial charge in [-0.15, -0.1) is 0 Å². The molecule has 0 saturated carbocycles. The second kappa shape index (κ2) is 5.72. The van der Waals surface area contributed by atoms with Crippen LogP contribution in [-0.2, 0) is 6.54 Å². The molecule has 3 aromatic rings. The lowest BCUT2D eigenvalue weighted by Crippen LogP contribution is -2.01. The minimum Gasteiger partial charge on any atom is -0.490 e. The van der Waals surface area contributed by atoms with E-state index in [4.69, 9.17) is 4.74 Å². The van der Waals surface area contributed by atoms with E-state index in [1.165, 1.54) is 18.2 Å². The predicted molar refractivity (Wildman–Crippen MR) is 88.0 cm³/mol. The van der Waals surface area contributed by atoms with Crippen molar-refractivity contribution in [3.05, 3.63) is 63.5 Å². The fraction of sp³-hybridized carbons (Fsp3) is 0.235. The van der Waals surface area contributed by atoms with Crippen LogP contribution in [0.15, 0.2) is 36.7 Å². The number of fused-ring (bicyclic) bond motifs is 1. The van der Waals surface area contributed by atoms with Crippen LogP contribution in [0, 0.1) is 24.0 Å². The second-order valence-corrected chi connectivity index (χ2v) is 5.56. The van der Waals surface area contributed by atoms with Gasteiger partial charge in [0.25, 0.3) is 0 Å². The Balaban J connectivity index is 2.01. The van der Waals surface area contributed by atoms with Crippen LogP contribution >= 0.6 is 0 Å². The Morgan fingerprint density at radius 2 is 1.96 bits per heavy atom. The fourth-order valence-corrected chi connectivity index (χ4v) is 2.61. The monoisotopic (exact) mass is 311 g/mol. The van der Waals surface area contributed by atoms with Crippen molar-refractivity contribution in [3.63, 3.8) is 0 Å². The van der Waals surface area contributed by atoms with Crippen LogP contribution in [0.1, 0.15) is 16.7 Å².